The first-order chi connectivity index (χ1) is 6.18. The summed E-state index contributed by atoms with van der Waals surface area (Å²) in [6.07, 6.45) is 0. The van der Waals surface area contributed by atoms with Gasteiger partial charge in [-0.15, -0.1) is 11.3 Å². The van der Waals surface area contributed by atoms with E-state index >= 15 is 0 Å². The van der Waals surface area contributed by atoms with Gasteiger partial charge in [-0.05, 0) is 17.5 Å². The molecule has 0 saturated carbocycles. The molecule has 0 aliphatic carbocycles. The summed E-state index contributed by atoms with van der Waals surface area (Å²) in [6.45, 7) is 4.24. The maximum atomic E-state index is 9.44. The number of thiazole rings is 1. The van der Waals surface area contributed by atoms with Gasteiger partial charge in [0.25, 0.3) is 0 Å². The summed E-state index contributed by atoms with van der Waals surface area (Å²) in [4.78, 5) is 4.18. The predicted molar refractivity (Wildman–Crippen MR) is 55.4 cm³/mol. The first-order valence-electron chi connectivity index (χ1n) is 4.24. The first-order valence-corrected chi connectivity index (χ1v) is 5.12. The molecule has 0 aliphatic rings. The molecule has 0 radical (unpaired) electrons. The van der Waals surface area contributed by atoms with E-state index in [0.29, 0.717) is 11.7 Å². The Morgan fingerprint density at radius 2 is 2.15 bits per heavy atom. The van der Waals surface area contributed by atoms with Crippen molar-refractivity contribution in [2.24, 2.45) is 0 Å². The van der Waals surface area contributed by atoms with Crippen LogP contribution in [0.25, 0.3) is 10.2 Å². The van der Waals surface area contributed by atoms with Crippen LogP contribution < -0.4 is 0 Å². The molecule has 0 fully saturated rings. The van der Waals surface area contributed by atoms with Crippen LogP contribution in [-0.4, -0.2) is 10.1 Å². The Hall–Kier alpha value is -1.09. The van der Waals surface area contributed by atoms with Gasteiger partial charge in [0.15, 0.2) is 0 Å². The molecular formula is C10H11NOS. The van der Waals surface area contributed by atoms with Gasteiger partial charge >= 0.3 is 0 Å². The number of phenols is 1. The maximum absolute atomic E-state index is 9.44. The highest BCUT2D eigenvalue weighted by molar-refractivity contribution is 7.17. The molecule has 1 aromatic heterocycles. The van der Waals surface area contributed by atoms with Crippen LogP contribution in [0.1, 0.15) is 25.3 Å². The van der Waals surface area contributed by atoms with Gasteiger partial charge in [0.1, 0.15) is 5.75 Å². The summed E-state index contributed by atoms with van der Waals surface area (Å²) in [7, 11) is 0. The van der Waals surface area contributed by atoms with Crippen molar-refractivity contribution < 1.29 is 5.11 Å². The third-order valence-electron chi connectivity index (χ3n) is 2.07. The molecule has 0 spiro atoms. The van der Waals surface area contributed by atoms with E-state index in [0.717, 1.165) is 5.52 Å². The highest BCUT2D eigenvalue weighted by atomic mass is 32.1. The number of aromatic hydroxyl groups is 1. The summed E-state index contributed by atoms with van der Waals surface area (Å²) < 4.78 is 1.19. The van der Waals surface area contributed by atoms with Crippen LogP contribution in [0.2, 0.25) is 0 Å². The Morgan fingerprint density at radius 1 is 1.38 bits per heavy atom. The molecule has 1 heterocycles. The fourth-order valence-corrected chi connectivity index (χ4v) is 2.34. The van der Waals surface area contributed by atoms with Crippen LogP contribution in [0.5, 0.6) is 5.75 Å². The molecule has 0 atom stereocenters. The fourth-order valence-electron chi connectivity index (χ4n) is 1.41. The van der Waals surface area contributed by atoms with E-state index in [9.17, 15) is 5.11 Å². The third-order valence-corrected chi connectivity index (χ3v) is 2.96. The quantitative estimate of drug-likeness (QED) is 0.754. The van der Waals surface area contributed by atoms with Crippen LogP contribution in [0.3, 0.4) is 0 Å². The van der Waals surface area contributed by atoms with Crippen molar-refractivity contribution in [1.29, 1.82) is 0 Å². The minimum Gasteiger partial charge on any atom is -0.508 e. The zero-order chi connectivity index (χ0) is 9.42. The molecular weight excluding hydrogens is 182 g/mol. The lowest BCUT2D eigenvalue weighted by molar-refractivity contribution is 0.475. The van der Waals surface area contributed by atoms with Crippen molar-refractivity contribution in [3.05, 3.63) is 23.2 Å². The highest BCUT2D eigenvalue weighted by Crippen LogP contribution is 2.31. The smallest absolute Gasteiger partial charge is 0.118 e. The van der Waals surface area contributed by atoms with E-state index in [-0.39, 0.29) is 0 Å². The van der Waals surface area contributed by atoms with Gasteiger partial charge < -0.3 is 5.11 Å². The average molecular weight is 193 g/mol. The van der Waals surface area contributed by atoms with Crippen molar-refractivity contribution in [2.45, 2.75) is 19.8 Å². The Labute approximate surface area is 80.9 Å². The predicted octanol–water partition coefficient (Wildman–Crippen LogP) is 3.13. The monoisotopic (exact) mass is 193 g/mol. The molecule has 2 nitrogen and oxygen atoms in total. The molecule has 1 N–H and O–H groups in total. The number of hydrogen-bond donors (Lipinski definition) is 1. The Balaban J connectivity index is 2.77. The summed E-state index contributed by atoms with van der Waals surface area (Å²) in [5, 5.41) is 9.44. The molecule has 1 aromatic carbocycles. The maximum Gasteiger partial charge on any atom is 0.118 e. The van der Waals surface area contributed by atoms with Gasteiger partial charge in [-0.25, -0.2) is 4.98 Å². The van der Waals surface area contributed by atoms with Crippen LogP contribution >= 0.6 is 11.3 Å². The van der Waals surface area contributed by atoms with Crippen LogP contribution in [-0.2, 0) is 0 Å². The lowest BCUT2D eigenvalue weighted by atomic mass is 10.0. The van der Waals surface area contributed by atoms with E-state index in [1.807, 2.05) is 11.6 Å². The minimum atomic E-state index is 0.308. The summed E-state index contributed by atoms with van der Waals surface area (Å²) >= 11 is 1.63. The van der Waals surface area contributed by atoms with E-state index in [1.54, 1.807) is 17.4 Å². The SMILES string of the molecule is CC(C)c1cc(O)cc2ncsc12. The van der Waals surface area contributed by atoms with Crippen molar-refractivity contribution in [2.75, 3.05) is 0 Å². The van der Waals surface area contributed by atoms with Crippen molar-refractivity contribution in [1.82, 2.24) is 4.98 Å². The molecule has 0 unspecified atom stereocenters. The van der Waals surface area contributed by atoms with Gasteiger partial charge in [0, 0.05) is 6.07 Å². The lowest BCUT2D eigenvalue weighted by Gasteiger charge is -2.06. The second-order valence-electron chi connectivity index (χ2n) is 3.39. The number of aromatic nitrogens is 1. The number of hydrogen-bond acceptors (Lipinski definition) is 3. The first kappa shape index (κ1) is 8.51. The molecule has 2 aromatic rings. The Kier molecular flexibility index (Phi) is 1.96. The van der Waals surface area contributed by atoms with Crippen LogP contribution in [0.15, 0.2) is 17.6 Å². The number of nitrogens with zero attached hydrogens (tertiary/aromatic N) is 1. The summed E-state index contributed by atoms with van der Waals surface area (Å²) in [5.74, 6) is 0.733. The van der Waals surface area contributed by atoms with E-state index < -0.39 is 0 Å². The standard InChI is InChI=1S/C10H11NOS/c1-6(2)8-3-7(12)4-9-10(8)13-5-11-9/h3-6,12H,1-2H3. The fraction of sp³-hybridized carbons (Fsp3) is 0.300. The normalized spacial score (nSPS) is 11.3. The van der Waals surface area contributed by atoms with E-state index in [4.69, 9.17) is 0 Å². The molecule has 0 bridgehead atoms. The summed E-state index contributed by atoms with van der Waals surface area (Å²) in [6, 6.07) is 3.53. The number of rotatable bonds is 1. The van der Waals surface area contributed by atoms with E-state index in [2.05, 4.69) is 18.8 Å². The highest BCUT2D eigenvalue weighted by Gasteiger charge is 2.08. The second kappa shape index (κ2) is 3.00. The molecule has 0 amide bonds. The minimum absolute atomic E-state index is 0.308. The van der Waals surface area contributed by atoms with Gasteiger partial charge in [-0.1, -0.05) is 13.8 Å². The zero-order valence-electron chi connectivity index (χ0n) is 7.61. The Morgan fingerprint density at radius 3 is 2.85 bits per heavy atom. The molecule has 3 heteroatoms. The number of fused-ring (bicyclic) bond motifs is 1. The number of phenolic OH excluding ortho intramolecular Hbond substituents is 1. The van der Waals surface area contributed by atoms with Gasteiger partial charge in [0.2, 0.25) is 0 Å². The lowest BCUT2D eigenvalue weighted by Crippen LogP contribution is -1.86. The summed E-state index contributed by atoms with van der Waals surface area (Å²) in [5.41, 5.74) is 3.89. The van der Waals surface area contributed by atoms with Gasteiger partial charge in [0.05, 0.1) is 15.7 Å². The third kappa shape index (κ3) is 1.40. The average Bonchev–Trinajstić information content (AvgIpc) is 2.49. The van der Waals surface area contributed by atoms with E-state index in [1.165, 1.54) is 10.3 Å². The van der Waals surface area contributed by atoms with Crippen molar-refractivity contribution in [3.8, 4) is 5.75 Å². The molecule has 13 heavy (non-hydrogen) atoms. The van der Waals surface area contributed by atoms with Gasteiger partial charge in [-0.3, -0.25) is 0 Å². The molecule has 68 valence electrons. The second-order valence-corrected chi connectivity index (χ2v) is 4.25. The van der Waals surface area contributed by atoms with Crippen molar-refractivity contribution >= 4 is 21.6 Å². The van der Waals surface area contributed by atoms with Crippen LogP contribution in [0, 0.1) is 0 Å². The van der Waals surface area contributed by atoms with Gasteiger partial charge in [-0.2, -0.15) is 0 Å². The Bertz CT molecular complexity index is 433. The van der Waals surface area contributed by atoms with Crippen molar-refractivity contribution in [3.63, 3.8) is 0 Å². The largest absolute Gasteiger partial charge is 0.508 e. The van der Waals surface area contributed by atoms with Crippen LogP contribution in [0.4, 0.5) is 0 Å². The topological polar surface area (TPSA) is 33.1 Å². The molecule has 2 rings (SSSR count). The zero-order valence-corrected chi connectivity index (χ0v) is 8.43. The molecule has 0 saturated heterocycles. The number of benzene rings is 1. The molecule has 0 aliphatic heterocycles.